The standard InChI is InChI=1S/C23H29N3O/c1-23(2,27)12-11-20-7-9-21(10-8-20)18-25-14-5-15-26(17-16-25)19-22-6-3-4-13-24-22/h3-4,6-10,13,27H,5,14-19H2,1-2H3. The molecule has 1 aromatic carbocycles. The molecular weight excluding hydrogens is 334 g/mol. The molecule has 2 heterocycles. The smallest absolute Gasteiger partial charge is 0.120 e. The van der Waals surface area contributed by atoms with Gasteiger partial charge >= 0.3 is 0 Å². The number of aromatic nitrogens is 1. The van der Waals surface area contributed by atoms with Gasteiger partial charge < -0.3 is 5.11 Å². The van der Waals surface area contributed by atoms with Gasteiger partial charge in [-0.1, -0.05) is 30.0 Å². The molecule has 0 spiro atoms. The monoisotopic (exact) mass is 363 g/mol. The maximum Gasteiger partial charge on any atom is 0.120 e. The van der Waals surface area contributed by atoms with E-state index < -0.39 is 5.60 Å². The van der Waals surface area contributed by atoms with Crippen molar-refractivity contribution in [1.29, 1.82) is 0 Å². The van der Waals surface area contributed by atoms with Crippen LogP contribution in [0.4, 0.5) is 0 Å². The normalized spacial score (nSPS) is 16.4. The van der Waals surface area contributed by atoms with E-state index in [0.717, 1.165) is 50.5 Å². The largest absolute Gasteiger partial charge is 0.378 e. The zero-order valence-corrected chi connectivity index (χ0v) is 16.4. The third kappa shape index (κ3) is 6.80. The third-order valence-corrected chi connectivity index (χ3v) is 4.67. The number of hydrogen-bond donors (Lipinski definition) is 1. The average Bonchev–Trinajstić information content (AvgIpc) is 2.87. The fourth-order valence-electron chi connectivity index (χ4n) is 3.24. The van der Waals surface area contributed by atoms with Crippen molar-refractivity contribution in [3.8, 4) is 11.8 Å². The van der Waals surface area contributed by atoms with E-state index in [1.54, 1.807) is 13.8 Å². The van der Waals surface area contributed by atoms with Gasteiger partial charge in [0.15, 0.2) is 0 Å². The number of nitrogens with zero attached hydrogens (tertiary/aromatic N) is 3. The van der Waals surface area contributed by atoms with Gasteiger partial charge in [-0.15, -0.1) is 0 Å². The van der Waals surface area contributed by atoms with Crippen LogP contribution in [0.25, 0.3) is 0 Å². The summed E-state index contributed by atoms with van der Waals surface area (Å²) in [6, 6.07) is 14.5. The Labute approximate surface area is 162 Å². The number of rotatable bonds is 4. The molecule has 1 aliphatic rings. The molecule has 142 valence electrons. The summed E-state index contributed by atoms with van der Waals surface area (Å²) in [6.07, 6.45) is 3.05. The Morgan fingerprint density at radius 3 is 2.30 bits per heavy atom. The summed E-state index contributed by atoms with van der Waals surface area (Å²) < 4.78 is 0. The van der Waals surface area contributed by atoms with Crippen LogP contribution >= 0.6 is 0 Å². The van der Waals surface area contributed by atoms with E-state index >= 15 is 0 Å². The molecule has 4 nitrogen and oxygen atoms in total. The summed E-state index contributed by atoms with van der Waals surface area (Å²) in [5, 5.41) is 9.70. The van der Waals surface area contributed by atoms with E-state index in [1.807, 2.05) is 24.4 Å². The van der Waals surface area contributed by atoms with Crippen LogP contribution in [0.1, 0.15) is 37.1 Å². The second-order valence-electron chi connectivity index (χ2n) is 7.73. The molecule has 0 aliphatic carbocycles. The van der Waals surface area contributed by atoms with E-state index in [-0.39, 0.29) is 0 Å². The topological polar surface area (TPSA) is 39.6 Å². The molecular formula is C23H29N3O. The molecule has 27 heavy (non-hydrogen) atoms. The van der Waals surface area contributed by atoms with Crippen LogP contribution in [-0.2, 0) is 13.1 Å². The lowest BCUT2D eigenvalue weighted by molar-refractivity contribution is 0.143. The first kappa shape index (κ1) is 19.6. The second-order valence-corrected chi connectivity index (χ2v) is 7.73. The van der Waals surface area contributed by atoms with Crippen molar-refractivity contribution in [2.75, 3.05) is 26.2 Å². The summed E-state index contributed by atoms with van der Waals surface area (Å²) in [5.41, 5.74) is 2.44. The van der Waals surface area contributed by atoms with Gasteiger partial charge in [-0.25, -0.2) is 0 Å². The van der Waals surface area contributed by atoms with Gasteiger partial charge in [-0.3, -0.25) is 14.8 Å². The molecule has 1 aromatic heterocycles. The highest BCUT2D eigenvalue weighted by Crippen LogP contribution is 2.12. The highest BCUT2D eigenvalue weighted by atomic mass is 16.3. The zero-order chi connectivity index (χ0) is 19.1. The summed E-state index contributed by atoms with van der Waals surface area (Å²) >= 11 is 0. The molecule has 0 saturated carbocycles. The summed E-state index contributed by atoms with van der Waals surface area (Å²) in [6.45, 7) is 9.70. The highest BCUT2D eigenvalue weighted by molar-refractivity contribution is 5.37. The Balaban J connectivity index is 1.51. The number of aliphatic hydroxyl groups is 1. The van der Waals surface area contributed by atoms with Crippen LogP contribution in [-0.4, -0.2) is 51.7 Å². The van der Waals surface area contributed by atoms with Gasteiger partial charge in [0.1, 0.15) is 5.60 Å². The van der Waals surface area contributed by atoms with E-state index in [0.29, 0.717) is 0 Å². The van der Waals surface area contributed by atoms with Crippen molar-refractivity contribution < 1.29 is 5.11 Å². The molecule has 0 amide bonds. The number of pyridine rings is 1. The first-order valence-corrected chi connectivity index (χ1v) is 9.67. The van der Waals surface area contributed by atoms with Crippen molar-refractivity contribution >= 4 is 0 Å². The molecule has 4 heteroatoms. The van der Waals surface area contributed by atoms with Gasteiger partial charge in [0.05, 0.1) is 5.69 Å². The lowest BCUT2D eigenvalue weighted by atomic mass is 10.1. The predicted octanol–water partition coefficient (Wildman–Crippen LogP) is 2.91. The van der Waals surface area contributed by atoms with E-state index in [4.69, 9.17) is 0 Å². The molecule has 0 bridgehead atoms. The van der Waals surface area contributed by atoms with Crippen LogP contribution in [0.15, 0.2) is 48.7 Å². The minimum Gasteiger partial charge on any atom is -0.378 e. The predicted molar refractivity (Wildman–Crippen MR) is 109 cm³/mol. The molecule has 1 N–H and O–H groups in total. The van der Waals surface area contributed by atoms with Crippen molar-refractivity contribution in [2.24, 2.45) is 0 Å². The molecule has 0 atom stereocenters. The maximum atomic E-state index is 9.70. The van der Waals surface area contributed by atoms with Crippen molar-refractivity contribution in [1.82, 2.24) is 14.8 Å². The second kappa shape index (κ2) is 9.14. The first-order chi connectivity index (χ1) is 13.0. The van der Waals surface area contributed by atoms with E-state index in [1.165, 1.54) is 12.0 Å². The minimum atomic E-state index is -0.953. The summed E-state index contributed by atoms with van der Waals surface area (Å²) in [7, 11) is 0. The van der Waals surface area contributed by atoms with Crippen molar-refractivity contribution in [3.63, 3.8) is 0 Å². The molecule has 0 radical (unpaired) electrons. The SMILES string of the molecule is CC(C)(O)C#Cc1ccc(CN2CCCN(Cc3ccccn3)CC2)cc1. The van der Waals surface area contributed by atoms with E-state index in [9.17, 15) is 5.11 Å². The quantitative estimate of drug-likeness (QED) is 0.848. The molecule has 0 unspecified atom stereocenters. The Morgan fingerprint density at radius 1 is 0.963 bits per heavy atom. The van der Waals surface area contributed by atoms with Gasteiger partial charge in [0.2, 0.25) is 0 Å². The van der Waals surface area contributed by atoms with Crippen molar-refractivity contribution in [3.05, 3.63) is 65.5 Å². The Hall–Kier alpha value is -2.19. The molecule has 1 fully saturated rings. The average molecular weight is 364 g/mol. The van der Waals surface area contributed by atoms with Crippen LogP contribution in [0.5, 0.6) is 0 Å². The Bertz CT molecular complexity index is 769. The van der Waals surface area contributed by atoms with E-state index in [2.05, 4.69) is 50.9 Å². The van der Waals surface area contributed by atoms with Crippen LogP contribution in [0.2, 0.25) is 0 Å². The molecule has 1 saturated heterocycles. The molecule has 1 aliphatic heterocycles. The lowest BCUT2D eigenvalue weighted by Gasteiger charge is -2.21. The molecule has 3 rings (SSSR count). The van der Waals surface area contributed by atoms with Gasteiger partial charge in [-0.2, -0.15) is 0 Å². The fraction of sp³-hybridized carbons (Fsp3) is 0.435. The molecule has 2 aromatic rings. The first-order valence-electron chi connectivity index (χ1n) is 9.67. The zero-order valence-electron chi connectivity index (χ0n) is 16.4. The van der Waals surface area contributed by atoms with Gasteiger partial charge in [-0.05, 0) is 63.2 Å². The van der Waals surface area contributed by atoms with Gasteiger partial charge in [0, 0.05) is 37.9 Å². The third-order valence-electron chi connectivity index (χ3n) is 4.67. The number of benzene rings is 1. The highest BCUT2D eigenvalue weighted by Gasteiger charge is 2.15. The fourth-order valence-corrected chi connectivity index (χ4v) is 3.24. The summed E-state index contributed by atoms with van der Waals surface area (Å²) in [4.78, 5) is 9.47. The minimum absolute atomic E-state index is 0.934. The summed E-state index contributed by atoms with van der Waals surface area (Å²) in [5.74, 6) is 5.88. The van der Waals surface area contributed by atoms with Crippen LogP contribution < -0.4 is 0 Å². The lowest BCUT2D eigenvalue weighted by Crippen LogP contribution is -2.30. The van der Waals surface area contributed by atoms with Crippen LogP contribution in [0.3, 0.4) is 0 Å². The Kier molecular flexibility index (Phi) is 6.63. The van der Waals surface area contributed by atoms with Gasteiger partial charge in [0.25, 0.3) is 0 Å². The maximum absolute atomic E-state index is 9.70. The number of hydrogen-bond acceptors (Lipinski definition) is 4. The van der Waals surface area contributed by atoms with Crippen molar-refractivity contribution in [2.45, 2.75) is 39.0 Å². The Morgan fingerprint density at radius 2 is 1.67 bits per heavy atom. The van der Waals surface area contributed by atoms with Crippen LogP contribution in [0, 0.1) is 11.8 Å².